The Morgan fingerprint density at radius 1 is 1.33 bits per heavy atom. The minimum absolute atomic E-state index is 0. The average molecular weight is 374 g/mol. The third kappa shape index (κ3) is 3.27. The predicted molar refractivity (Wildman–Crippen MR) is 91.0 cm³/mol. The van der Waals surface area contributed by atoms with Crippen molar-refractivity contribution in [3.63, 3.8) is 0 Å². The van der Waals surface area contributed by atoms with Gasteiger partial charge in [-0.1, -0.05) is 28.1 Å². The SMILES string of the molecule is CNC1CCN(C(=O)C2(c3cccc(Br)c3)CC2)CC1.Cl. The Hall–Kier alpha value is -0.580. The lowest BCUT2D eigenvalue weighted by Gasteiger charge is -2.34. The van der Waals surface area contributed by atoms with Crippen LogP contribution < -0.4 is 5.32 Å². The first-order valence-corrected chi connectivity index (χ1v) is 8.18. The summed E-state index contributed by atoms with van der Waals surface area (Å²) in [7, 11) is 2.01. The van der Waals surface area contributed by atoms with Gasteiger partial charge in [0.1, 0.15) is 0 Å². The van der Waals surface area contributed by atoms with E-state index in [9.17, 15) is 4.79 Å². The minimum Gasteiger partial charge on any atom is -0.342 e. The van der Waals surface area contributed by atoms with Crippen LogP contribution in [0.1, 0.15) is 31.2 Å². The van der Waals surface area contributed by atoms with Gasteiger partial charge in [-0.3, -0.25) is 4.79 Å². The van der Waals surface area contributed by atoms with Crippen LogP contribution >= 0.6 is 28.3 Å². The molecular weight excluding hydrogens is 352 g/mol. The second-order valence-corrected chi connectivity index (χ2v) is 6.86. The molecule has 1 aromatic rings. The lowest BCUT2D eigenvalue weighted by atomic mass is 9.93. The molecule has 116 valence electrons. The fraction of sp³-hybridized carbons (Fsp3) is 0.562. The Morgan fingerprint density at radius 3 is 2.52 bits per heavy atom. The number of benzene rings is 1. The van der Waals surface area contributed by atoms with Crippen LogP contribution in [-0.4, -0.2) is 37.0 Å². The molecule has 0 radical (unpaired) electrons. The lowest BCUT2D eigenvalue weighted by molar-refractivity contribution is -0.135. The third-order valence-electron chi connectivity index (χ3n) is 4.73. The lowest BCUT2D eigenvalue weighted by Crippen LogP contribution is -2.47. The highest BCUT2D eigenvalue weighted by Crippen LogP contribution is 2.50. The van der Waals surface area contributed by atoms with Crippen LogP contribution in [0.25, 0.3) is 0 Å². The first-order chi connectivity index (χ1) is 9.65. The van der Waals surface area contributed by atoms with Crippen molar-refractivity contribution in [2.24, 2.45) is 0 Å². The van der Waals surface area contributed by atoms with E-state index in [2.05, 4.69) is 38.3 Å². The first kappa shape index (κ1) is 16.8. The maximum atomic E-state index is 12.9. The van der Waals surface area contributed by atoms with E-state index in [-0.39, 0.29) is 17.8 Å². The highest BCUT2D eigenvalue weighted by molar-refractivity contribution is 9.10. The van der Waals surface area contributed by atoms with Crippen LogP contribution in [0.4, 0.5) is 0 Å². The van der Waals surface area contributed by atoms with Crippen LogP contribution in [0.2, 0.25) is 0 Å². The van der Waals surface area contributed by atoms with E-state index >= 15 is 0 Å². The Kier molecular flexibility index (Phi) is 5.33. The molecule has 5 heteroatoms. The average Bonchev–Trinajstić information content (AvgIpc) is 3.28. The molecule has 1 aromatic carbocycles. The van der Waals surface area contributed by atoms with Gasteiger partial charge in [0.15, 0.2) is 0 Å². The van der Waals surface area contributed by atoms with E-state index in [1.807, 2.05) is 19.2 Å². The second kappa shape index (κ2) is 6.67. The third-order valence-corrected chi connectivity index (χ3v) is 5.22. The molecule has 0 atom stereocenters. The summed E-state index contributed by atoms with van der Waals surface area (Å²) in [6.07, 6.45) is 4.12. The van der Waals surface area contributed by atoms with Gasteiger partial charge < -0.3 is 10.2 Å². The summed E-state index contributed by atoms with van der Waals surface area (Å²) < 4.78 is 1.06. The van der Waals surface area contributed by atoms with Gasteiger partial charge in [0.25, 0.3) is 0 Å². The van der Waals surface area contributed by atoms with Crippen molar-refractivity contribution in [3.05, 3.63) is 34.3 Å². The summed E-state index contributed by atoms with van der Waals surface area (Å²) in [6, 6.07) is 8.81. The number of piperidine rings is 1. The van der Waals surface area contributed by atoms with Crippen molar-refractivity contribution >= 4 is 34.2 Å². The highest BCUT2D eigenvalue weighted by atomic mass is 79.9. The van der Waals surface area contributed by atoms with Crippen molar-refractivity contribution in [2.75, 3.05) is 20.1 Å². The molecule has 1 aliphatic carbocycles. The summed E-state index contributed by atoms with van der Waals surface area (Å²) in [6.45, 7) is 1.78. The van der Waals surface area contributed by atoms with Crippen LogP contribution in [0.3, 0.4) is 0 Å². The molecule has 3 nitrogen and oxygen atoms in total. The molecule has 0 aromatic heterocycles. The quantitative estimate of drug-likeness (QED) is 0.883. The van der Waals surface area contributed by atoms with Gasteiger partial charge in [-0.25, -0.2) is 0 Å². The van der Waals surface area contributed by atoms with E-state index in [0.29, 0.717) is 11.9 Å². The zero-order valence-electron chi connectivity index (χ0n) is 12.3. The molecule has 1 saturated heterocycles. The normalized spacial score (nSPS) is 20.8. The number of halogens is 2. The summed E-state index contributed by atoms with van der Waals surface area (Å²) in [5.74, 6) is 0.338. The highest BCUT2D eigenvalue weighted by Gasteiger charge is 2.53. The number of nitrogens with one attached hydrogen (secondary N) is 1. The number of amides is 1. The van der Waals surface area contributed by atoms with Crippen LogP contribution in [0, 0.1) is 0 Å². The molecule has 2 fully saturated rings. The number of hydrogen-bond donors (Lipinski definition) is 1. The van der Waals surface area contributed by atoms with Gasteiger partial charge in [0, 0.05) is 23.6 Å². The van der Waals surface area contributed by atoms with Crippen molar-refractivity contribution in [1.82, 2.24) is 10.2 Å². The van der Waals surface area contributed by atoms with Crippen LogP contribution in [0.15, 0.2) is 28.7 Å². The molecule has 1 amide bonds. The van der Waals surface area contributed by atoms with Gasteiger partial charge in [0.05, 0.1) is 5.41 Å². The van der Waals surface area contributed by atoms with E-state index in [1.165, 1.54) is 5.56 Å². The standard InChI is InChI=1S/C16H21BrN2O.ClH/c1-18-14-5-9-19(10-6-14)15(20)16(7-8-16)12-3-2-4-13(17)11-12;/h2-4,11,14,18H,5-10H2,1H3;1H. The van der Waals surface area contributed by atoms with E-state index in [4.69, 9.17) is 0 Å². The zero-order valence-corrected chi connectivity index (χ0v) is 14.7. The summed E-state index contributed by atoms with van der Waals surface area (Å²) in [5, 5.41) is 3.31. The molecule has 1 heterocycles. The fourth-order valence-corrected chi connectivity index (χ4v) is 3.61. The monoisotopic (exact) mass is 372 g/mol. The maximum Gasteiger partial charge on any atom is 0.233 e. The van der Waals surface area contributed by atoms with Crippen LogP contribution in [-0.2, 0) is 10.2 Å². The number of carbonyl (C=O) groups is 1. The molecule has 0 spiro atoms. The number of likely N-dealkylation sites (tertiary alicyclic amines) is 1. The molecule has 3 rings (SSSR count). The Labute approximate surface area is 141 Å². The zero-order chi connectivity index (χ0) is 14.2. The van der Waals surface area contributed by atoms with Crippen molar-refractivity contribution in [3.8, 4) is 0 Å². The fourth-order valence-electron chi connectivity index (χ4n) is 3.21. The van der Waals surface area contributed by atoms with Gasteiger partial charge >= 0.3 is 0 Å². The molecule has 1 aliphatic heterocycles. The molecule has 2 aliphatic rings. The topological polar surface area (TPSA) is 32.3 Å². The number of hydrogen-bond acceptors (Lipinski definition) is 2. The first-order valence-electron chi connectivity index (χ1n) is 7.38. The second-order valence-electron chi connectivity index (χ2n) is 5.95. The number of carbonyl (C=O) groups excluding carboxylic acids is 1. The van der Waals surface area contributed by atoms with E-state index in [1.54, 1.807) is 0 Å². The Bertz CT molecular complexity index is 511. The van der Waals surface area contributed by atoms with Gasteiger partial charge in [-0.15, -0.1) is 12.4 Å². The molecule has 0 bridgehead atoms. The van der Waals surface area contributed by atoms with Gasteiger partial charge in [0.2, 0.25) is 5.91 Å². The smallest absolute Gasteiger partial charge is 0.233 e. The molecule has 21 heavy (non-hydrogen) atoms. The number of nitrogens with zero attached hydrogens (tertiary/aromatic N) is 1. The summed E-state index contributed by atoms with van der Waals surface area (Å²) in [4.78, 5) is 15.0. The van der Waals surface area contributed by atoms with E-state index < -0.39 is 0 Å². The molecule has 0 unspecified atom stereocenters. The Morgan fingerprint density at radius 2 is 2.00 bits per heavy atom. The van der Waals surface area contributed by atoms with Crippen molar-refractivity contribution < 1.29 is 4.79 Å². The largest absolute Gasteiger partial charge is 0.342 e. The maximum absolute atomic E-state index is 12.9. The molecular formula is C16H22BrClN2O. The van der Waals surface area contributed by atoms with Gasteiger partial charge in [-0.2, -0.15) is 0 Å². The Balaban J connectivity index is 0.00000161. The molecule has 1 saturated carbocycles. The predicted octanol–water partition coefficient (Wildman–Crippen LogP) is 3.11. The number of rotatable bonds is 3. The summed E-state index contributed by atoms with van der Waals surface area (Å²) >= 11 is 3.51. The van der Waals surface area contributed by atoms with Gasteiger partial charge in [-0.05, 0) is 50.4 Å². The van der Waals surface area contributed by atoms with E-state index in [0.717, 1.165) is 43.2 Å². The van der Waals surface area contributed by atoms with Crippen LogP contribution in [0.5, 0.6) is 0 Å². The minimum atomic E-state index is -0.226. The van der Waals surface area contributed by atoms with Crippen molar-refractivity contribution in [1.29, 1.82) is 0 Å². The summed E-state index contributed by atoms with van der Waals surface area (Å²) in [5.41, 5.74) is 0.948. The molecule has 1 N–H and O–H groups in total. The van der Waals surface area contributed by atoms with Crippen molar-refractivity contribution in [2.45, 2.75) is 37.1 Å².